The van der Waals surface area contributed by atoms with Gasteiger partial charge in [-0.3, -0.25) is 9.59 Å². The average molecular weight is 508 g/mol. The van der Waals surface area contributed by atoms with E-state index in [2.05, 4.69) is 5.16 Å². The Bertz CT molecular complexity index is 1410. The zero-order valence-electron chi connectivity index (χ0n) is 19.6. The molecule has 4 rings (SSSR count). The molecule has 1 heterocycles. The Labute approximate surface area is 212 Å². The molecule has 1 N–H and O–H groups in total. The highest BCUT2D eigenvalue weighted by molar-refractivity contribution is 6.31. The number of halogens is 2. The van der Waals surface area contributed by atoms with Gasteiger partial charge in [-0.15, -0.1) is 0 Å². The normalized spacial score (nSPS) is 11.8. The maximum Gasteiger partial charge on any atom is 0.311 e. The van der Waals surface area contributed by atoms with E-state index in [1.807, 2.05) is 30.3 Å². The standard InChI is InChI=1S/C28H23ClFNO5/c1-16-23(15-27(34)35-17(2)22-5-3-4-6-24(22)29)28(36-31-16)19-9-7-18(8-10-19)20-11-12-25(30)21(13-20)14-26(32)33/h3-13,17H,14-15H2,1-2H3,(H,32,33). The molecule has 4 aromatic rings. The SMILES string of the molecule is Cc1noc(-c2ccc(-c3ccc(F)c(CC(=O)O)c3)cc2)c1CC(=O)OC(C)c1ccccc1Cl. The third-order valence-corrected chi connectivity index (χ3v) is 6.17. The van der Waals surface area contributed by atoms with Gasteiger partial charge in [-0.05, 0) is 48.7 Å². The fourth-order valence-electron chi connectivity index (χ4n) is 3.94. The molecule has 0 radical (unpaired) electrons. The summed E-state index contributed by atoms with van der Waals surface area (Å²) in [5.41, 5.74) is 4.19. The summed E-state index contributed by atoms with van der Waals surface area (Å²) in [7, 11) is 0. The first-order valence-corrected chi connectivity index (χ1v) is 11.6. The van der Waals surface area contributed by atoms with Gasteiger partial charge in [0.25, 0.3) is 0 Å². The van der Waals surface area contributed by atoms with Crippen molar-refractivity contribution in [3.63, 3.8) is 0 Å². The molecule has 1 atom stereocenters. The number of carboxylic acids is 1. The minimum atomic E-state index is -1.10. The van der Waals surface area contributed by atoms with Gasteiger partial charge in [0.2, 0.25) is 0 Å². The Morgan fingerprint density at radius 1 is 1.03 bits per heavy atom. The Hall–Kier alpha value is -3.97. The summed E-state index contributed by atoms with van der Waals surface area (Å²) in [5, 5.41) is 13.6. The number of ether oxygens (including phenoxy) is 1. The number of aliphatic carboxylic acids is 1. The molecule has 0 aliphatic heterocycles. The fraction of sp³-hybridized carbons (Fsp3) is 0.179. The highest BCUT2D eigenvalue weighted by Crippen LogP contribution is 2.31. The van der Waals surface area contributed by atoms with Crippen LogP contribution in [0.1, 0.15) is 35.4 Å². The van der Waals surface area contributed by atoms with Crippen LogP contribution >= 0.6 is 11.6 Å². The van der Waals surface area contributed by atoms with Crippen molar-refractivity contribution in [2.75, 3.05) is 0 Å². The lowest BCUT2D eigenvalue weighted by atomic mass is 9.98. The topological polar surface area (TPSA) is 89.6 Å². The molecular formula is C28H23ClFNO5. The van der Waals surface area contributed by atoms with E-state index in [4.69, 9.17) is 26.0 Å². The predicted molar refractivity (Wildman–Crippen MR) is 133 cm³/mol. The van der Waals surface area contributed by atoms with Gasteiger partial charge in [0.05, 0.1) is 18.5 Å². The van der Waals surface area contributed by atoms with Crippen molar-refractivity contribution in [2.24, 2.45) is 0 Å². The van der Waals surface area contributed by atoms with Crippen LogP contribution in [0.3, 0.4) is 0 Å². The van der Waals surface area contributed by atoms with Gasteiger partial charge >= 0.3 is 11.9 Å². The van der Waals surface area contributed by atoms with Gasteiger partial charge in [-0.25, -0.2) is 4.39 Å². The minimum absolute atomic E-state index is 0.0300. The van der Waals surface area contributed by atoms with Crippen LogP contribution in [0.4, 0.5) is 4.39 Å². The number of esters is 1. The number of rotatable bonds is 8. The van der Waals surface area contributed by atoms with Gasteiger partial charge in [0, 0.05) is 21.7 Å². The number of hydrogen-bond donors (Lipinski definition) is 1. The molecule has 0 aliphatic rings. The number of hydrogen-bond acceptors (Lipinski definition) is 5. The van der Waals surface area contributed by atoms with Crippen molar-refractivity contribution in [3.05, 3.63) is 100.0 Å². The zero-order valence-corrected chi connectivity index (χ0v) is 20.4. The first kappa shape index (κ1) is 25.1. The molecule has 0 spiro atoms. The molecule has 0 saturated heterocycles. The van der Waals surface area contributed by atoms with Crippen molar-refractivity contribution in [1.82, 2.24) is 5.16 Å². The predicted octanol–water partition coefficient (Wildman–Crippen LogP) is 6.58. The summed E-state index contributed by atoms with van der Waals surface area (Å²) < 4.78 is 25.1. The molecule has 0 aliphatic carbocycles. The maximum atomic E-state index is 14.0. The highest BCUT2D eigenvalue weighted by atomic mass is 35.5. The van der Waals surface area contributed by atoms with Crippen LogP contribution in [0.15, 0.2) is 71.3 Å². The van der Waals surface area contributed by atoms with Crippen molar-refractivity contribution in [3.8, 4) is 22.5 Å². The van der Waals surface area contributed by atoms with E-state index in [0.29, 0.717) is 33.2 Å². The Kier molecular flexibility index (Phi) is 7.50. The molecule has 6 nitrogen and oxygen atoms in total. The zero-order chi connectivity index (χ0) is 25.8. The van der Waals surface area contributed by atoms with Crippen LogP contribution < -0.4 is 0 Å². The summed E-state index contributed by atoms with van der Waals surface area (Å²) in [6, 6.07) is 18.8. The minimum Gasteiger partial charge on any atom is -0.481 e. The van der Waals surface area contributed by atoms with Crippen LogP contribution in [-0.4, -0.2) is 22.2 Å². The van der Waals surface area contributed by atoms with E-state index in [1.54, 1.807) is 38.1 Å². The molecule has 0 fully saturated rings. The molecular weight excluding hydrogens is 485 g/mol. The third-order valence-electron chi connectivity index (χ3n) is 5.83. The molecule has 36 heavy (non-hydrogen) atoms. The number of carbonyl (C=O) groups is 2. The van der Waals surface area contributed by atoms with Crippen molar-refractivity contribution >= 4 is 23.5 Å². The molecule has 1 unspecified atom stereocenters. The maximum absolute atomic E-state index is 14.0. The Balaban J connectivity index is 1.52. The lowest BCUT2D eigenvalue weighted by molar-refractivity contribution is -0.147. The van der Waals surface area contributed by atoms with E-state index < -0.39 is 30.3 Å². The number of aryl methyl sites for hydroxylation is 1. The van der Waals surface area contributed by atoms with Gasteiger partial charge in [-0.2, -0.15) is 0 Å². The molecule has 0 saturated carbocycles. The average Bonchev–Trinajstić information content (AvgIpc) is 3.20. The summed E-state index contributed by atoms with van der Waals surface area (Å²) in [6.07, 6.45) is -0.947. The van der Waals surface area contributed by atoms with Gasteiger partial charge < -0.3 is 14.4 Å². The lowest BCUT2D eigenvalue weighted by Gasteiger charge is -2.15. The number of nitrogens with zero attached hydrogens (tertiary/aromatic N) is 1. The van der Waals surface area contributed by atoms with Crippen molar-refractivity contribution < 1.29 is 28.3 Å². The van der Waals surface area contributed by atoms with E-state index >= 15 is 0 Å². The first-order valence-electron chi connectivity index (χ1n) is 11.2. The number of aromatic nitrogens is 1. The second-order valence-corrected chi connectivity index (χ2v) is 8.77. The van der Waals surface area contributed by atoms with Crippen molar-refractivity contribution in [1.29, 1.82) is 0 Å². The Morgan fingerprint density at radius 2 is 1.69 bits per heavy atom. The van der Waals surface area contributed by atoms with E-state index in [9.17, 15) is 14.0 Å². The van der Waals surface area contributed by atoms with Crippen LogP contribution in [0, 0.1) is 12.7 Å². The van der Waals surface area contributed by atoms with Crippen molar-refractivity contribution in [2.45, 2.75) is 32.8 Å². The van der Waals surface area contributed by atoms with Gasteiger partial charge in [0.15, 0.2) is 5.76 Å². The molecule has 0 amide bonds. The quantitative estimate of drug-likeness (QED) is 0.271. The van der Waals surface area contributed by atoms with Gasteiger partial charge in [0.1, 0.15) is 11.9 Å². The highest BCUT2D eigenvalue weighted by Gasteiger charge is 2.21. The summed E-state index contributed by atoms with van der Waals surface area (Å²) in [5.74, 6) is -1.65. The van der Waals surface area contributed by atoms with Crippen LogP contribution in [0.25, 0.3) is 22.5 Å². The Morgan fingerprint density at radius 3 is 2.39 bits per heavy atom. The first-order chi connectivity index (χ1) is 17.2. The molecule has 0 bridgehead atoms. The number of carbonyl (C=O) groups excluding carboxylic acids is 1. The van der Waals surface area contributed by atoms with E-state index in [1.165, 1.54) is 12.1 Å². The largest absolute Gasteiger partial charge is 0.481 e. The number of carboxylic acid groups (broad SMARTS) is 1. The second-order valence-electron chi connectivity index (χ2n) is 8.36. The third kappa shape index (κ3) is 5.63. The molecule has 1 aromatic heterocycles. The van der Waals surface area contributed by atoms with Crippen LogP contribution in [0.5, 0.6) is 0 Å². The van der Waals surface area contributed by atoms with E-state index in [-0.39, 0.29) is 12.0 Å². The lowest BCUT2D eigenvalue weighted by Crippen LogP contribution is -2.12. The summed E-state index contributed by atoms with van der Waals surface area (Å²) in [4.78, 5) is 23.7. The summed E-state index contributed by atoms with van der Waals surface area (Å²) >= 11 is 6.21. The fourth-order valence-corrected chi connectivity index (χ4v) is 4.23. The van der Waals surface area contributed by atoms with E-state index in [0.717, 1.165) is 11.1 Å². The van der Waals surface area contributed by atoms with Crippen LogP contribution in [-0.2, 0) is 27.2 Å². The van der Waals surface area contributed by atoms with Crippen LogP contribution in [0.2, 0.25) is 5.02 Å². The molecule has 184 valence electrons. The second kappa shape index (κ2) is 10.7. The smallest absolute Gasteiger partial charge is 0.311 e. The molecule has 8 heteroatoms. The molecule has 3 aromatic carbocycles. The monoisotopic (exact) mass is 507 g/mol. The summed E-state index contributed by atoms with van der Waals surface area (Å²) in [6.45, 7) is 3.51. The number of benzene rings is 3. The van der Waals surface area contributed by atoms with Gasteiger partial charge in [-0.1, -0.05) is 65.3 Å².